The van der Waals surface area contributed by atoms with Gasteiger partial charge in [0, 0.05) is 18.0 Å². The summed E-state index contributed by atoms with van der Waals surface area (Å²) < 4.78 is 0. The first kappa shape index (κ1) is 12.1. The maximum absolute atomic E-state index is 4.50. The molecule has 0 amide bonds. The van der Waals surface area contributed by atoms with Crippen molar-refractivity contribution in [3.05, 3.63) is 35.2 Å². The molecule has 0 bridgehead atoms. The van der Waals surface area contributed by atoms with Gasteiger partial charge in [0.05, 0.1) is 0 Å². The molecule has 17 heavy (non-hydrogen) atoms. The minimum absolute atomic E-state index is 0.705. The number of thiazole rings is 1. The van der Waals surface area contributed by atoms with Crippen LogP contribution in [0.15, 0.2) is 29.6 Å². The molecule has 2 nitrogen and oxygen atoms in total. The van der Waals surface area contributed by atoms with Crippen molar-refractivity contribution in [1.29, 1.82) is 0 Å². The predicted molar refractivity (Wildman–Crippen MR) is 75.6 cm³/mol. The summed E-state index contributed by atoms with van der Waals surface area (Å²) in [5.41, 5.74) is 2.60. The van der Waals surface area contributed by atoms with Gasteiger partial charge in [0.15, 0.2) is 0 Å². The first-order valence-electron chi connectivity index (χ1n) is 5.91. The molecule has 0 unspecified atom stereocenters. The van der Waals surface area contributed by atoms with E-state index in [1.807, 2.05) is 12.4 Å². The first-order valence-corrected chi connectivity index (χ1v) is 6.79. The third kappa shape index (κ3) is 3.07. The summed E-state index contributed by atoms with van der Waals surface area (Å²) in [6.07, 6.45) is 1.14. The maximum atomic E-state index is 4.50. The Morgan fingerprint density at radius 2 is 1.94 bits per heavy atom. The van der Waals surface area contributed by atoms with Gasteiger partial charge in [-0.1, -0.05) is 38.1 Å². The predicted octanol–water partition coefficient (Wildman–Crippen LogP) is 4.05. The molecule has 1 N–H and O–H groups in total. The number of aromatic nitrogens is 1. The molecule has 0 saturated carbocycles. The highest BCUT2D eigenvalue weighted by Gasteiger charge is 2.04. The van der Waals surface area contributed by atoms with Crippen molar-refractivity contribution in [3.8, 4) is 10.6 Å². The molecule has 0 aliphatic rings. The summed E-state index contributed by atoms with van der Waals surface area (Å²) in [5.74, 6) is 1.65. The zero-order valence-corrected chi connectivity index (χ0v) is 11.3. The Morgan fingerprint density at radius 3 is 2.47 bits per heavy atom. The van der Waals surface area contributed by atoms with E-state index in [-0.39, 0.29) is 0 Å². The summed E-state index contributed by atoms with van der Waals surface area (Å²) >= 11 is 1.67. The fourth-order valence-corrected chi connectivity index (χ4v) is 2.59. The first-order chi connectivity index (χ1) is 8.19. The molecule has 0 spiro atoms. The molecular formula is C14H18N2S. The topological polar surface area (TPSA) is 24.9 Å². The van der Waals surface area contributed by atoms with Crippen molar-refractivity contribution < 1.29 is 0 Å². The molecule has 0 aliphatic heterocycles. The van der Waals surface area contributed by atoms with Crippen LogP contribution in [0.5, 0.6) is 0 Å². The van der Waals surface area contributed by atoms with Gasteiger partial charge in [-0.3, -0.25) is 0 Å². The van der Waals surface area contributed by atoms with E-state index in [2.05, 4.69) is 48.4 Å². The van der Waals surface area contributed by atoms with Crippen molar-refractivity contribution in [1.82, 2.24) is 4.98 Å². The van der Waals surface area contributed by atoms with Crippen molar-refractivity contribution in [2.24, 2.45) is 5.92 Å². The van der Waals surface area contributed by atoms with Gasteiger partial charge in [-0.25, -0.2) is 4.98 Å². The summed E-state index contributed by atoms with van der Waals surface area (Å²) in [6.45, 7) is 4.49. The zero-order valence-electron chi connectivity index (χ0n) is 10.5. The minimum atomic E-state index is 0.705. The molecule has 0 saturated heterocycles. The lowest BCUT2D eigenvalue weighted by Crippen LogP contribution is -1.93. The lowest BCUT2D eigenvalue weighted by Gasteiger charge is -2.05. The lowest BCUT2D eigenvalue weighted by molar-refractivity contribution is 0.647. The van der Waals surface area contributed by atoms with Crippen LogP contribution in [-0.4, -0.2) is 12.0 Å². The molecule has 3 heteroatoms. The smallest absolute Gasteiger partial charge is 0.137 e. The van der Waals surface area contributed by atoms with Crippen LogP contribution < -0.4 is 5.32 Å². The Hall–Kier alpha value is -1.35. The Kier molecular flexibility index (Phi) is 3.79. The average Bonchev–Trinajstić information content (AvgIpc) is 2.78. The summed E-state index contributed by atoms with van der Waals surface area (Å²) in [4.78, 5) is 4.50. The number of hydrogen-bond donors (Lipinski definition) is 1. The van der Waals surface area contributed by atoms with Crippen LogP contribution in [0.1, 0.15) is 19.4 Å². The second-order valence-electron chi connectivity index (χ2n) is 4.58. The summed E-state index contributed by atoms with van der Waals surface area (Å²) in [5, 5.41) is 6.17. The number of anilines is 1. The Balaban J connectivity index is 2.17. The fraction of sp³-hybridized carbons (Fsp3) is 0.357. The monoisotopic (exact) mass is 246 g/mol. The van der Waals surface area contributed by atoms with Crippen LogP contribution in [0.3, 0.4) is 0 Å². The molecule has 0 aliphatic carbocycles. The van der Waals surface area contributed by atoms with Crippen molar-refractivity contribution in [2.75, 3.05) is 12.4 Å². The zero-order chi connectivity index (χ0) is 12.3. The van der Waals surface area contributed by atoms with E-state index >= 15 is 0 Å². The van der Waals surface area contributed by atoms with Crippen molar-refractivity contribution in [2.45, 2.75) is 20.3 Å². The number of hydrogen-bond acceptors (Lipinski definition) is 3. The van der Waals surface area contributed by atoms with Crippen LogP contribution in [0.25, 0.3) is 10.6 Å². The van der Waals surface area contributed by atoms with E-state index in [4.69, 9.17) is 0 Å². The second-order valence-corrected chi connectivity index (χ2v) is 5.44. The minimum Gasteiger partial charge on any atom is -0.372 e. The van der Waals surface area contributed by atoms with Gasteiger partial charge in [-0.2, -0.15) is 0 Å². The van der Waals surface area contributed by atoms with Gasteiger partial charge >= 0.3 is 0 Å². The molecule has 0 atom stereocenters. The van der Waals surface area contributed by atoms with E-state index in [0.717, 1.165) is 17.2 Å². The molecule has 90 valence electrons. The molecule has 2 aromatic rings. The fourth-order valence-electron chi connectivity index (χ4n) is 1.78. The van der Waals surface area contributed by atoms with Gasteiger partial charge in [-0.05, 0) is 17.9 Å². The normalized spacial score (nSPS) is 10.8. The quantitative estimate of drug-likeness (QED) is 0.880. The van der Waals surface area contributed by atoms with Crippen LogP contribution >= 0.6 is 11.3 Å². The average molecular weight is 246 g/mol. The maximum Gasteiger partial charge on any atom is 0.137 e. The van der Waals surface area contributed by atoms with E-state index in [1.54, 1.807) is 11.3 Å². The molecule has 1 aromatic heterocycles. The molecule has 1 heterocycles. The van der Waals surface area contributed by atoms with Crippen molar-refractivity contribution in [3.63, 3.8) is 0 Å². The molecular weight excluding hydrogens is 228 g/mol. The summed E-state index contributed by atoms with van der Waals surface area (Å²) in [6, 6.07) is 8.73. The van der Waals surface area contributed by atoms with Gasteiger partial charge in [0.25, 0.3) is 0 Å². The largest absolute Gasteiger partial charge is 0.372 e. The number of benzene rings is 1. The van der Waals surface area contributed by atoms with Gasteiger partial charge in [-0.15, -0.1) is 11.3 Å². The number of rotatable bonds is 4. The van der Waals surface area contributed by atoms with E-state index < -0.39 is 0 Å². The third-order valence-electron chi connectivity index (χ3n) is 2.61. The van der Waals surface area contributed by atoms with Gasteiger partial charge in [0.2, 0.25) is 0 Å². The van der Waals surface area contributed by atoms with E-state index in [9.17, 15) is 0 Å². The molecule has 0 fully saturated rings. The summed E-state index contributed by atoms with van der Waals surface area (Å²) in [7, 11) is 1.89. The number of nitrogens with zero attached hydrogens (tertiary/aromatic N) is 1. The van der Waals surface area contributed by atoms with Crippen LogP contribution in [-0.2, 0) is 6.42 Å². The Bertz CT molecular complexity index is 471. The van der Waals surface area contributed by atoms with Crippen LogP contribution in [0.4, 0.5) is 5.82 Å². The van der Waals surface area contributed by atoms with Gasteiger partial charge in [0.1, 0.15) is 10.8 Å². The molecule has 1 aromatic carbocycles. The molecule has 0 radical (unpaired) electrons. The van der Waals surface area contributed by atoms with E-state index in [0.29, 0.717) is 5.92 Å². The SMILES string of the molecule is CNc1csc(-c2ccc(CC(C)C)cc2)n1. The highest BCUT2D eigenvalue weighted by atomic mass is 32.1. The lowest BCUT2D eigenvalue weighted by atomic mass is 10.0. The standard InChI is InChI=1S/C14H18N2S/c1-10(2)8-11-4-6-12(7-5-11)14-16-13(15-3)9-17-14/h4-7,9-10,15H,8H2,1-3H3. The Morgan fingerprint density at radius 1 is 1.24 bits per heavy atom. The van der Waals surface area contributed by atoms with Gasteiger partial charge < -0.3 is 5.32 Å². The highest BCUT2D eigenvalue weighted by molar-refractivity contribution is 7.13. The number of nitrogens with one attached hydrogen (secondary N) is 1. The van der Waals surface area contributed by atoms with Crippen LogP contribution in [0.2, 0.25) is 0 Å². The van der Waals surface area contributed by atoms with Crippen molar-refractivity contribution >= 4 is 17.2 Å². The van der Waals surface area contributed by atoms with E-state index in [1.165, 1.54) is 11.1 Å². The molecule has 2 rings (SSSR count). The highest BCUT2D eigenvalue weighted by Crippen LogP contribution is 2.26. The second kappa shape index (κ2) is 5.32. The third-order valence-corrected chi connectivity index (χ3v) is 3.50. The van der Waals surface area contributed by atoms with Crippen LogP contribution in [0, 0.1) is 5.92 Å². The Labute approximate surface area is 107 Å².